The second-order valence-electron chi connectivity index (χ2n) is 4.65. The summed E-state index contributed by atoms with van der Waals surface area (Å²) in [5.74, 6) is -1.04. The van der Waals surface area contributed by atoms with Crippen LogP contribution in [0.2, 0.25) is 0 Å². The zero-order valence-corrected chi connectivity index (χ0v) is 11.7. The van der Waals surface area contributed by atoms with E-state index in [4.69, 9.17) is 5.11 Å². The number of urea groups is 1. The lowest BCUT2D eigenvalue weighted by Gasteiger charge is -2.15. The Hall–Kier alpha value is -2.63. The van der Waals surface area contributed by atoms with E-state index in [1.54, 1.807) is 24.4 Å². The predicted octanol–water partition coefficient (Wildman–Crippen LogP) is 2.61. The van der Waals surface area contributed by atoms with Crippen LogP contribution in [0.25, 0.3) is 10.9 Å². The summed E-state index contributed by atoms with van der Waals surface area (Å²) in [6.07, 6.45) is 2.74. The van der Waals surface area contributed by atoms with Gasteiger partial charge >= 0.3 is 12.0 Å². The van der Waals surface area contributed by atoms with Crippen molar-refractivity contribution < 1.29 is 14.7 Å². The van der Waals surface area contributed by atoms with Gasteiger partial charge in [0.15, 0.2) is 0 Å². The van der Waals surface area contributed by atoms with Gasteiger partial charge in [-0.1, -0.05) is 19.4 Å². The van der Waals surface area contributed by atoms with Crippen LogP contribution in [0.1, 0.15) is 19.8 Å². The van der Waals surface area contributed by atoms with E-state index >= 15 is 0 Å². The van der Waals surface area contributed by atoms with Crippen LogP contribution >= 0.6 is 0 Å². The number of fused-ring (bicyclic) bond motifs is 1. The number of anilines is 1. The molecule has 0 radical (unpaired) electrons. The van der Waals surface area contributed by atoms with Crippen LogP contribution in [-0.4, -0.2) is 28.1 Å². The molecule has 6 nitrogen and oxygen atoms in total. The SMILES string of the molecule is CCC[C@@H](NC(=O)Nc1cccc2ncccc12)C(=O)O. The maximum absolute atomic E-state index is 11.9. The van der Waals surface area contributed by atoms with Gasteiger partial charge in [-0.2, -0.15) is 0 Å². The molecule has 21 heavy (non-hydrogen) atoms. The number of hydrogen-bond donors (Lipinski definition) is 3. The average molecular weight is 287 g/mol. The molecule has 6 heteroatoms. The lowest BCUT2D eigenvalue weighted by atomic mass is 10.1. The predicted molar refractivity (Wildman–Crippen MR) is 80.2 cm³/mol. The van der Waals surface area contributed by atoms with E-state index in [2.05, 4.69) is 15.6 Å². The van der Waals surface area contributed by atoms with Crippen LogP contribution < -0.4 is 10.6 Å². The molecule has 0 saturated carbocycles. The van der Waals surface area contributed by atoms with E-state index in [0.29, 0.717) is 18.5 Å². The minimum atomic E-state index is -1.04. The molecule has 0 aliphatic carbocycles. The van der Waals surface area contributed by atoms with Gasteiger partial charge in [-0.3, -0.25) is 4.98 Å². The zero-order valence-electron chi connectivity index (χ0n) is 11.7. The number of pyridine rings is 1. The Kier molecular flexibility index (Phi) is 4.71. The maximum atomic E-state index is 11.9. The number of nitrogens with one attached hydrogen (secondary N) is 2. The fourth-order valence-electron chi connectivity index (χ4n) is 2.08. The van der Waals surface area contributed by atoms with Crippen molar-refractivity contribution in [3.63, 3.8) is 0 Å². The number of rotatable bonds is 5. The van der Waals surface area contributed by atoms with Crippen LogP contribution in [0, 0.1) is 0 Å². The van der Waals surface area contributed by atoms with Gasteiger partial charge in [0.25, 0.3) is 0 Å². The van der Waals surface area contributed by atoms with Crippen molar-refractivity contribution in [2.24, 2.45) is 0 Å². The zero-order chi connectivity index (χ0) is 15.2. The van der Waals surface area contributed by atoms with Crippen molar-refractivity contribution in [2.45, 2.75) is 25.8 Å². The highest BCUT2D eigenvalue weighted by atomic mass is 16.4. The molecule has 1 aromatic heterocycles. The van der Waals surface area contributed by atoms with Gasteiger partial charge in [0, 0.05) is 11.6 Å². The highest BCUT2D eigenvalue weighted by molar-refractivity contribution is 6.01. The van der Waals surface area contributed by atoms with Crippen molar-refractivity contribution in [3.8, 4) is 0 Å². The monoisotopic (exact) mass is 287 g/mol. The van der Waals surface area contributed by atoms with E-state index < -0.39 is 18.0 Å². The van der Waals surface area contributed by atoms with Gasteiger partial charge in [0.2, 0.25) is 0 Å². The highest BCUT2D eigenvalue weighted by Crippen LogP contribution is 2.21. The van der Waals surface area contributed by atoms with E-state index in [1.165, 1.54) is 0 Å². The summed E-state index contributed by atoms with van der Waals surface area (Å²) in [6, 6.07) is 7.58. The van der Waals surface area contributed by atoms with Crippen LogP contribution in [0.4, 0.5) is 10.5 Å². The molecule has 110 valence electrons. The first-order valence-electron chi connectivity index (χ1n) is 6.76. The molecular weight excluding hydrogens is 270 g/mol. The molecule has 3 N–H and O–H groups in total. The largest absolute Gasteiger partial charge is 0.480 e. The molecule has 2 rings (SSSR count). The second-order valence-corrected chi connectivity index (χ2v) is 4.65. The summed E-state index contributed by atoms with van der Waals surface area (Å²) in [7, 11) is 0. The number of carbonyl (C=O) groups is 2. The number of aliphatic carboxylic acids is 1. The van der Waals surface area contributed by atoms with E-state index in [1.807, 2.05) is 19.1 Å². The Morgan fingerprint density at radius 2 is 2.10 bits per heavy atom. The molecule has 0 aliphatic rings. The van der Waals surface area contributed by atoms with Crippen molar-refractivity contribution in [1.29, 1.82) is 0 Å². The summed E-state index contributed by atoms with van der Waals surface area (Å²) in [5, 5.41) is 15.0. The third-order valence-corrected chi connectivity index (χ3v) is 3.07. The smallest absolute Gasteiger partial charge is 0.326 e. The van der Waals surface area contributed by atoms with Crippen LogP contribution in [-0.2, 0) is 4.79 Å². The molecule has 0 bridgehead atoms. The molecule has 0 fully saturated rings. The van der Waals surface area contributed by atoms with E-state index in [-0.39, 0.29) is 0 Å². The van der Waals surface area contributed by atoms with Crippen LogP contribution in [0.5, 0.6) is 0 Å². The summed E-state index contributed by atoms with van der Waals surface area (Å²) in [5.41, 5.74) is 1.36. The normalized spacial score (nSPS) is 11.9. The maximum Gasteiger partial charge on any atom is 0.326 e. The van der Waals surface area contributed by atoms with Gasteiger partial charge in [0.1, 0.15) is 6.04 Å². The van der Waals surface area contributed by atoms with Crippen LogP contribution in [0.3, 0.4) is 0 Å². The Bertz CT molecular complexity index is 652. The summed E-state index contributed by atoms with van der Waals surface area (Å²) >= 11 is 0. The number of hydrogen-bond acceptors (Lipinski definition) is 3. The average Bonchev–Trinajstić information content (AvgIpc) is 2.47. The third-order valence-electron chi connectivity index (χ3n) is 3.07. The lowest BCUT2D eigenvalue weighted by molar-refractivity contribution is -0.139. The van der Waals surface area contributed by atoms with E-state index in [0.717, 1.165) is 10.9 Å². The molecule has 2 amide bonds. The van der Waals surface area contributed by atoms with Gasteiger partial charge in [-0.05, 0) is 30.7 Å². The number of amides is 2. The Balaban J connectivity index is 2.13. The minimum Gasteiger partial charge on any atom is -0.480 e. The molecule has 1 heterocycles. The van der Waals surface area contributed by atoms with Gasteiger partial charge in [-0.25, -0.2) is 9.59 Å². The number of carbonyl (C=O) groups excluding carboxylic acids is 1. The molecule has 2 aromatic rings. The first-order chi connectivity index (χ1) is 10.1. The summed E-state index contributed by atoms with van der Waals surface area (Å²) in [6.45, 7) is 1.87. The van der Waals surface area contributed by atoms with Gasteiger partial charge < -0.3 is 15.7 Å². The fourth-order valence-corrected chi connectivity index (χ4v) is 2.08. The second kappa shape index (κ2) is 6.69. The molecule has 0 saturated heterocycles. The van der Waals surface area contributed by atoms with Gasteiger partial charge in [0.05, 0.1) is 11.2 Å². The Labute approximate surface area is 122 Å². The molecular formula is C15H17N3O3. The molecule has 0 aliphatic heterocycles. The molecule has 1 aromatic carbocycles. The number of carboxylic acids is 1. The fraction of sp³-hybridized carbons (Fsp3) is 0.267. The molecule has 1 atom stereocenters. The molecule has 0 unspecified atom stereocenters. The first-order valence-corrected chi connectivity index (χ1v) is 6.76. The summed E-state index contributed by atoms with van der Waals surface area (Å²) < 4.78 is 0. The van der Waals surface area contributed by atoms with E-state index in [9.17, 15) is 9.59 Å². The number of aromatic nitrogens is 1. The lowest BCUT2D eigenvalue weighted by Crippen LogP contribution is -2.42. The van der Waals surface area contributed by atoms with Crippen molar-refractivity contribution in [3.05, 3.63) is 36.5 Å². The highest BCUT2D eigenvalue weighted by Gasteiger charge is 2.18. The third kappa shape index (κ3) is 3.68. The number of carboxylic acid groups (broad SMARTS) is 1. The Morgan fingerprint density at radius 1 is 1.29 bits per heavy atom. The molecule has 0 spiro atoms. The summed E-state index contributed by atoms with van der Waals surface area (Å²) in [4.78, 5) is 27.2. The number of nitrogens with zero attached hydrogens (tertiary/aromatic N) is 1. The minimum absolute atomic E-state index is 0.389. The van der Waals surface area contributed by atoms with Crippen molar-refractivity contribution in [2.75, 3.05) is 5.32 Å². The topological polar surface area (TPSA) is 91.3 Å². The quantitative estimate of drug-likeness (QED) is 0.788. The van der Waals surface area contributed by atoms with Gasteiger partial charge in [-0.15, -0.1) is 0 Å². The van der Waals surface area contributed by atoms with Crippen molar-refractivity contribution in [1.82, 2.24) is 10.3 Å². The number of benzene rings is 1. The van der Waals surface area contributed by atoms with Crippen molar-refractivity contribution >= 4 is 28.6 Å². The standard InChI is InChI=1S/C15H17N3O3/c1-2-5-13(14(19)20)18-15(21)17-12-8-3-7-11-10(12)6-4-9-16-11/h3-4,6-9,13H,2,5H2,1H3,(H,19,20)(H2,17,18,21)/t13-/m1/s1. The van der Waals surface area contributed by atoms with Crippen LogP contribution in [0.15, 0.2) is 36.5 Å². The first kappa shape index (κ1) is 14.8. The Morgan fingerprint density at radius 3 is 2.81 bits per heavy atom.